The second kappa shape index (κ2) is 5.50. The first-order valence-corrected chi connectivity index (χ1v) is 10.1. The zero-order valence-corrected chi connectivity index (χ0v) is 14.2. The zero-order valence-electron chi connectivity index (χ0n) is 11.7. The predicted molar refractivity (Wildman–Crippen MR) is 89.1 cm³/mol. The van der Waals surface area contributed by atoms with Gasteiger partial charge >= 0.3 is 0 Å². The SMILES string of the molecule is Nc1ccc2cc(S(=O)(=O)O)cc(S(=O)(=O)O)c2c1-c1nccs1. The van der Waals surface area contributed by atoms with Crippen molar-refractivity contribution in [3.8, 4) is 10.6 Å². The molecule has 0 saturated heterocycles. The predicted octanol–water partition coefficient (Wildman–Crippen LogP) is 2.04. The second-order valence-electron chi connectivity index (χ2n) is 4.84. The van der Waals surface area contributed by atoms with Crippen molar-refractivity contribution in [3.63, 3.8) is 0 Å². The molecule has 0 saturated carbocycles. The molecule has 4 N–H and O–H groups in total. The third-order valence-electron chi connectivity index (χ3n) is 3.31. The van der Waals surface area contributed by atoms with Crippen molar-refractivity contribution in [2.45, 2.75) is 9.79 Å². The summed E-state index contributed by atoms with van der Waals surface area (Å²) in [5.41, 5.74) is 6.41. The minimum atomic E-state index is -4.80. The highest BCUT2D eigenvalue weighted by Gasteiger charge is 2.24. The molecule has 0 aliphatic rings. The zero-order chi connectivity index (χ0) is 17.7. The number of hydrogen-bond donors (Lipinski definition) is 3. The fourth-order valence-corrected chi connectivity index (χ4v) is 4.43. The maximum atomic E-state index is 11.8. The maximum Gasteiger partial charge on any atom is 0.295 e. The van der Waals surface area contributed by atoms with E-state index in [2.05, 4.69) is 4.98 Å². The third-order valence-corrected chi connectivity index (χ3v) is 5.81. The van der Waals surface area contributed by atoms with E-state index in [0.29, 0.717) is 11.1 Å². The normalized spacial score (nSPS) is 12.6. The first kappa shape index (κ1) is 16.8. The Morgan fingerprint density at radius 1 is 1.04 bits per heavy atom. The first-order valence-electron chi connectivity index (χ1n) is 6.30. The Kier molecular flexibility index (Phi) is 3.85. The maximum absolute atomic E-state index is 11.8. The van der Waals surface area contributed by atoms with Crippen LogP contribution in [0.4, 0.5) is 5.69 Å². The molecule has 0 aliphatic carbocycles. The van der Waals surface area contributed by atoms with Crippen LogP contribution in [0.3, 0.4) is 0 Å². The van der Waals surface area contributed by atoms with Gasteiger partial charge in [-0.15, -0.1) is 11.3 Å². The van der Waals surface area contributed by atoms with E-state index in [1.807, 2.05) is 0 Å². The van der Waals surface area contributed by atoms with Crippen molar-refractivity contribution < 1.29 is 25.9 Å². The highest BCUT2D eigenvalue weighted by molar-refractivity contribution is 7.86. The van der Waals surface area contributed by atoms with Crippen molar-refractivity contribution in [2.75, 3.05) is 5.73 Å². The van der Waals surface area contributed by atoms with Gasteiger partial charge in [-0.2, -0.15) is 16.8 Å². The monoisotopic (exact) mass is 386 g/mol. The third kappa shape index (κ3) is 2.87. The Morgan fingerprint density at radius 3 is 2.29 bits per heavy atom. The van der Waals surface area contributed by atoms with Gasteiger partial charge in [0, 0.05) is 28.2 Å². The summed E-state index contributed by atoms with van der Waals surface area (Å²) < 4.78 is 65.1. The summed E-state index contributed by atoms with van der Waals surface area (Å²) in [6.07, 6.45) is 1.50. The molecule has 0 fully saturated rings. The molecule has 0 bridgehead atoms. The Balaban J connectivity index is 2.58. The van der Waals surface area contributed by atoms with Crippen LogP contribution >= 0.6 is 11.3 Å². The van der Waals surface area contributed by atoms with E-state index >= 15 is 0 Å². The number of thiazole rings is 1. The summed E-state index contributed by atoms with van der Waals surface area (Å²) in [6.45, 7) is 0. The molecule has 0 unspecified atom stereocenters. The summed E-state index contributed by atoms with van der Waals surface area (Å²) in [5, 5.41) is 2.26. The highest BCUT2D eigenvalue weighted by Crippen LogP contribution is 2.39. The Morgan fingerprint density at radius 2 is 1.75 bits per heavy atom. The van der Waals surface area contributed by atoms with Crippen LogP contribution in [0.25, 0.3) is 21.3 Å². The minimum absolute atomic E-state index is 0.0276. The van der Waals surface area contributed by atoms with Crippen LogP contribution in [0.5, 0.6) is 0 Å². The van der Waals surface area contributed by atoms with Gasteiger partial charge in [-0.1, -0.05) is 6.07 Å². The summed E-state index contributed by atoms with van der Waals surface area (Å²) in [4.78, 5) is 2.76. The lowest BCUT2D eigenvalue weighted by molar-refractivity contribution is 0.482. The van der Waals surface area contributed by atoms with E-state index in [1.54, 1.807) is 5.38 Å². The molecule has 0 spiro atoms. The van der Waals surface area contributed by atoms with Crippen LogP contribution < -0.4 is 5.73 Å². The Labute approximate surface area is 141 Å². The van der Waals surface area contributed by atoms with Gasteiger partial charge in [0.05, 0.1) is 4.90 Å². The van der Waals surface area contributed by atoms with Gasteiger partial charge in [-0.05, 0) is 23.6 Å². The summed E-state index contributed by atoms with van der Waals surface area (Å²) in [5.74, 6) is 0. The van der Waals surface area contributed by atoms with Crippen LogP contribution in [0.1, 0.15) is 0 Å². The molecule has 0 atom stereocenters. The highest BCUT2D eigenvalue weighted by atomic mass is 32.2. The Hall–Kier alpha value is -2.05. The number of hydrogen-bond acceptors (Lipinski definition) is 7. The van der Waals surface area contributed by atoms with Gasteiger partial charge in [0.15, 0.2) is 0 Å². The topological polar surface area (TPSA) is 148 Å². The van der Waals surface area contributed by atoms with Crippen molar-refractivity contribution in [2.24, 2.45) is 0 Å². The lowest BCUT2D eigenvalue weighted by Gasteiger charge is -2.12. The molecule has 0 amide bonds. The van der Waals surface area contributed by atoms with Crippen molar-refractivity contribution in [1.82, 2.24) is 4.98 Å². The number of fused-ring (bicyclic) bond motifs is 1. The average molecular weight is 386 g/mol. The number of nitrogen functional groups attached to an aromatic ring is 1. The van der Waals surface area contributed by atoms with E-state index < -0.39 is 30.0 Å². The van der Waals surface area contributed by atoms with Crippen LogP contribution in [0, 0.1) is 0 Å². The van der Waals surface area contributed by atoms with Crippen LogP contribution in [0.2, 0.25) is 0 Å². The fourth-order valence-electron chi connectivity index (χ4n) is 2.35. The van der Waals surface area contributed by atoms with Gasteiger partial charge in [-0.3, -0.25) is 9.11 Å². The molecule has 1 heterocycles. The van der Waals surface area contributed by atoms with E-state index in [9.17, 15) is 25.9 Å². The summed E-state index contributed by atoms with van der Waals surface area (Å²) >= 11 is 1.20. The lowest BCUT2D eigenvalue weighted by atomic mass is 10.0. The van der Waals surface area contributed by atoms with Gasteiger partial charge in [0.25, 0.3) is 20.2 Å². The number of nitrogens with two attached hydrogens (primary N) is 1. The second-order valence-corrected chi connectivity index (χ2v) is 8.54. The smallest absolute Gasteiger partial charge is 0.295 e. The molecule has 8 nitrogen and oxygen atoms in total. The molecule has 11 heteroatoms. The lowest BCUT2D eigenvalue weighted by Crippen LogP contribution is -2.06. The largest absolute Gasteiger partial charge is 0.398 e. The average Bonchev–Trinajstić information content (AvgIpc) is 2.97. The number of aromatic nitrogens is 1. The van der Waals surface area contributed by atoms with Crippen molar-refractivity contribution in [3.05, 3.63) is 35.8 Å². The van der Waals surface area contributed by atoms with E-state index in [1.165, 1.54) is 29.7 Å². The summed E-state index contributed by atoms with van der Waals surface area (Å²) in [7, 11) is -9.47. The molecule has 0 aliphatic heterocycles. The standard InChI is InChI=1S/C13H10N2O6S3/c14-9-2-1-7-5-8(23(16,17)18)6-10(24(19,20)21)11(7)12(9)13-15-3-4-22-13/h1-6H,14H2,(H,16,17,18)(H,19,20,21). The van der Waals surface area contributed by atoms with E-state index in [4.69, 9.17) is 5.73 Å². The summed E-state index contributed by atoms with van der Waals surface area (Å²) in [6, 6.07) is 4.63. The molecular weight excluding hydrogens is 376 g/mol. The van der Waals surface area contributed by atoms with Crippen molar-refractivity contribution >= 4 is 48.0 Å². The molecule has 2 aromatic carbocycles. The first-order chi connectivity index (χ1) is 11.1. The molecule has 3 rings (SSSR count). The molecule has 3 aromatic rings. The molecule has 0 radical (unpaired) electrons. The van der Waals surface area contributed by atoms with E-state index in [-0.39, 0.29) is 22.0 Å². The van der Waals surface area contributed by atoms with Gasteiger partial charge < -0.3 is 5.73 Å². The molecule has 1 aromatic heterocycles. The fraction of sp³-hybridized carbons (Fsp3) is 0. The van der Waals surface area contributed by atoms with Gasteiger partial charge in [0.2, 0.25) is 0 Å². The molecular formula is C13H10N2O6S3. The number of rotatable bonds is 3. The van der Waals surface area contributed by atoms with Crippen LogP contribution in [-0.4, -0.2) is 30.9 Å². The molecule has 24 heavy (non-hydrogen) atoms. The minimum Gasteiger partial charge on any atom is -0.398 e. The Bertz CT molecular complexity index is 1150. The van der Waals surface area contributed by atoms with Crippen molar-refractivity contribution in [1.29, 1.82) is 0 Å². The number of anilines is 1. The van der Waals surface area contributed by atoms with Crippen LogP contribution in [-0.2, 0) is 20.2 Å². The molecule has 126 valence electrons. The van der Waals surface area contributed by atoms with Gasteiger partial charge in [-0.25, -0.2) is 4.98 Å². The van der Waals surface area contributed by atoms with E-state index in [0.717, 1.165) is 6.07 Å². The number of benzene rings is 2. The quantitative estimate of drug-likeness (QED) is 0.457. The van der Waals surface area contributed by atoms with Gasteiger partial charge in [0.1, 0.15) is 9.90 Å². The number of nitrogens with zero attached hydrogens (tertiary/aromatic N) is 1. The van der Waals surface area contributed by atoms with Crippen LogP contribution in [0.15, 0.2) is 45.6 Å².